The van der Waals surface area contributed by atoms with Crippen molar-refractivity contribution in [1.82, 2.24) is 4.90 Å². The van der Waals surface area contributed by atoms with E-state index < -0.39 is 0 Å². The number of fused-ring (bicyclic) bond motifs is 1. The largest absolute Gasteiger partial charge is 0.381 e. The Balaban J connectivity index is 1.63. The van der Waals surface area contributed by atoms with Crippen molar-refractivity contribution in [3.05, 3.63) is 29.8 Å². The Morgan fingerprint density at radius 3 is 2.70 bits per heavy atom. The van der Waals surface area contributed by atoms with Crippen LogP contribution in [0.5, 0.6) is 0 Å². The first-order chi connectivity index (χ1) is 9.78. The van der Waals surface area contributed by atoms with Crippen molar-refractivity contribution in [2.45, 2.75) is 64.0 Å². The molecule has 0 bridgehead atoms. The molecule has 2 aliphatic rings. The molecule has 20 heavy (non-hydrogen) atoms. The van der Waals surface area contributed by atoms with Crippen molar-refractivity contribution in [3.63, 3.8) is 0 Å². The molecular formula is C18H28N2. The predicted octanol–water partition coefficient (Wildman–Crippen LogP) is 4.24. The van der Waals surface area contributed by atoms with E-state index in [-0.39, 0.29) is 0 Å². The fraction of sp³-hybridized carbons (Fsp3) is 0.667. The molecule has 3 rings (SSSR count). The van der Waals surface area contributed by atoms with E-state index in [9.17, 15) is 0 Å². The minimum Gasteiger partial charge on any atom is -0.381 e. The Kier molecular flexibility index (Phi) is 4.30. The first-order valence-corrected chi connectivity index (χ1v) is 8.38. The molecule has 2 heterocycles. The van der Waals surface area contributed by atoms with E-state index in [1.807, 2.05) is 0 Å². The van der Waals surface area contributed by atoms with Gasteiger partial charge in [0.15, 0.2) is 0 Å². The fourth-order valence-corrected chi connectivity index (χ4v) is 3.77. The predicted molar refractivity (Wildman–Crippen MR) is 86.4 cm³/mol. The molecule has 1 aromatic carbocycles. The van der Waals surface area contributed by atoms with Gasteiger partial charge in [-0.3, -0.25) is 4.90 Å². The Labute approximate surface area is 123 Å². The van der Waals surface area contributed by atoms with Crippen molar-refractivity contribution >= 4 is 5.69 Å². The minimum atomic E-state index is 0.657. The quantitative estimate of drug-likeness (QED) is 0.882. The summed E-state index contributed by atoms with van der Waals surface area (Å²) in [5, 5.41) is 3.78. The van der Waals surface area contributed by atoms with Gasteiger partial charge in [-0.1, -0.05) is 32.4 Å². The molecule has 2 fully saturated rings. The van der Waals surface area contributed by atoms with Crippen LogP contribution >= 0.6 is 0 Å². The highest BCUT2D eigenvalue weighted by Crippen LogP contribution is 2.29. The maximum atomic E-state index is 3.78. The van der Waals surface area contributed by atoms with Crippen LogP contribution in [0.15, 0.2) is 24.3 Å². The van der Waals surface area contributed by atoms with Gasteiger partial charge < -0.3 is 5.32 Å². The van der Waals surface area contributed by atoms with Crippen LogP contribution < -0.4 is 5.32 Å². The minimum absolute atomic E-state index is 0.657. The molecule has 1 aromatic rings. The summed E-state index contributed by atoms with van der Waals surface area (Å²) < 4.78 is 0. The summed E-state index contributed by atoms with van der Waals surface area (Å²) in [7, 11) is 0. The van der Waals surface area contributed by atoms with Crippen molar-refractivity contribution in [2.75, 3.05) is 18.4 Å². The average Bonchev–Trinajstić information content (AvgIpc) is 2.91. The lowest BCUT2D eigenvalue weighted by molar-refractivity contribution is 0.193. The number of hydrogen-bond donors (Lipinski definition) is 1. The SMILES string of the molecule is CCC(C)c1ccc(NC2CCN3CCCCC23)cc1. The Morgan fingerprint density at radius 1 is 1.15 bits per heavy atom. The van der Waals surface area contributed by atoms with Crippen molar-refractivity contribution in [2.24, 2.45) is 0 Å². The topological polar surface area (TPSA) is 15.3 Å². The summed E-state index contributed by atoms with van der Waals surface area (Å²) in [6.45, 7) is 7.16. The molecule has 0 radical (unpaired) electrons. The first kappa shape index (κ1) is 13.9. The number of nitrogens with zero attached hydrogens (tertiary/aromatic N) is 1. The first-order valence-electron chi connectivity index (χ1n) is 8.38. The molecule has 3 atom stereocenters. The zero-order valence-corrected chi connectivity index (χ0v) is 12.9. The highest BCUT2D eigenvalue weighted by Gasteiger charge is 2.35. The summed E-state index contributed by atoms with van der Waals surface area (Å²) in [4.78, 5) is 2.69. The van der Waals surface area contributed by atoms with Crippen LogP contribution in [0.4, 0.5) is 5.69 Å². The van der Waals surface area contributed by atoms with Crippen LogP contribution in [-0.4, -0.2) is 30.1 Å². The van der Waals surface area contributed by atoms with E-state index in [1.165, 1.54) is 56.4 Å². The van der Waals surface area contributed by atoms with Gasteiger partial charge in [0, 0.05) is 24.3 Å². The second-order valence-corrected chi connectivity index (χ2v) is 6.57. The molecule has 2 heteroatoms. The van der Waals surface area contributed by atoms with Crippen LogP contribution in [0.3, 0.4) is 0 Å². The van der Waals surface area contributed by atoms with Crippen LogP contribution in [-0.2, 0) is 0 Å². The third-order valence-corrected chi connectivity index (χ3v) is 5.30. The van der Waals surface area contributed by atoms with E-state index >= 15 is 0 Å². The lowest BCUT2D eigenvalue weighted by Gasteiger charge is -2.33. The number of anilines is 1. The molecule has 2 aliphatic heterocycles. The number of piperidine rings is 1. The van der Waals surface area contributed by atoms with Gasteiger partial charge in [-0.25, -0.2) is 0 Å². The van der Waals surface area contributed by atoms with Gasteiger partial charge in [-0.05, 0) is 55.8 Å². The fourth-order valence-electron chi connectivity index (χ4n) is 3.77. The molecule has 2 nitrogen and oxygen atoms in total. The maximum Gasteiger partial charge on any atom is 0.0428 e. The Bertz CT molecular complexity index is 426. The summed E-state index contributed by atoms with van der Waals surface area (Å²) >= 11 is 0. The highest BCUT2D eigenvalue weighted by atomic mass is 15.2. The van der Waals surface area contributed by atoms with Crippen LogP contribution in [0.25, 0.3) is 0 Å². The number of hydrogen-bond acceptors (Lipinski definition) is 2. The maximum absolute atomic E-state index is 3.78. The molecule has 0 aromatic heterocycles. The van der Waals surface area contributed by atoms with Crippen LogP contribution in [0, 0.1) is 0 Å². The molecule has 0 aliphatic carbocycles. The van der Waals surface area contributed by atoms with E-state index in [4.69, 9.17) is 0 Å². The van der Waals surface area contributed by atoms with Gasteiger partial charge in [0.25, 0.3) is 0 Å². The summed E-state index contributed by atoms with van der Waals surface area (Å²) in [6.07, 6.45) is 6.70. The van der Waals surface area contributed by atoms with E-state index in [0.717, 1.165) is 6.04 Å². The third kappa shape index (κ3) is 2.85. The van der Waals surface area contributed by atoms with E-state index in [2.05, 4.69) is 48.3 Å². The van der Waals surface area contributed by atoms with Gasteiger partial charge >= 0.3 is 0 Å². The smallest absolute Gasteiger partial charge is 0.0428 e. The number of rotatable bonds is 4. The van der Waals surface area contributed by atoms with Crippen molar-refractivity contribution in [3.8, 4) is 0 Å². The Hall–Kier alpha value is -1.02. The van der Waals surface area contributed by atoms with E-state index in [1.54, 1.807) is 0 Å². The molecule has 2 saturated heterocycles. The average molecular weight is 272 g/mol. The molecule has 0 spiro atoms. The molecule has 0 saturated carbocycles. The third-order valence-electron chi connectivity index (χ3n) is 5.30. The van der Waals surface area contributed by atoms with Gasteiger partial charge in [-0.2, -0.15) is 0 Å². The molecule has 1 N–H and O–H groups in total. The zero-order chi connectivity index (χ0) is 13.9. The summed E-state index contributed by atoms with van der Waals surface area (Å²) in [5.74, 6) is 0.671. The monoisotopic (exact) mass is 272 g/mol. The normalized spacial score (nSPS) is 28.1. The van der Waals surface area contributed by atoms with Gasteiger partial charge in [0.05, 0.1) is 0 Å². The van der Waals surface area contributed by atoms with Gasteiger partial charge in [0.1, 0.15) is 0 Å². The highest BCUT2D eigenvalue weighted by molar-refractivity contribution is 5.46. The van der Waals surface area contributed by atoms with Crippen LogP contribution in [0.2, 0.25) is 0 Å². The second-order valence-electron chi connectivity index (χ2n) is 6.57. The second kappa shape index (κ2) is 6.17. The summed E-state index contributed by atoms with van der Waals surface area (Å²) in [6, 6.07) is 10.6. The molecular weight excluding hydrogens is 244 g/mol. The molecule has 110 valence electrons. The van der Waals surface area contributed by atoms with Crippen molar-refractivity contribution in [1.29, 1.82) is 0 Å². The van der Waals surface area contributed by atoms with Gasteiger partial charge in [0.2, 0.25) is 0 Å². The zero-order valence-electron chi connectivity index (χ0n) is 12.9. The molecule has 3 unspecified atom stereocenters. The van der Waals surface area contributed by atoms with Crippen LogP contribution in [0.1, 0.15) is 57.4 Å². The summed E-state index contributed by atoms with van der Waals surface area (Å²) in [5.41, 5.74) is 2.76. The number of benzene rings is 1. The lowest BCUT2D eigenvalue weighted by atomic mass is 9.97. The molecule has 0 amide bonds. The standard InChI is InChI=1S/C18H28N2/c1-3-14(2)15-7-9-16(10-8-15)19-17-11-13-20-12-5-4-6-18(17)20/h7-10,14,17-19H,3-6,11-13H2,1-2H3. The Morgan fingerprint density at radius 2 is 1.95 bits per heavy atom. The van der Waals surface area contributed by atoms with Crippen molar-refractivity contribution < 1.29 is 0 Å². The number of nitrogens with one attached hydrogen (secondary N) is 1. The lowest BCUT2D eigenvalue weighted by Crippen LogP contribution is -2.41. The van der Waals surface area contributed by atoms with E-state index in [0.29, 0.717) is 12.0 Å². The van der Waals surface area contributed by atoms with Gasteiger partial charge in [-0.15, -0.1) is 0 Å².